The first kappa shape index (κ1) is 26.7. The predicted molar refractivity (Wildman–Crippen MR) is 130 cm³/mol. The monoisotopic (exact) mass is 489 g/mol. The molecule has 0 radical (unpaired) electrons. The van der Waals surface area contributed by atoms with E-state index < -0.39 is 18.1 Å². The van der Waals surface area contributed by atoms with Crippen LogP contribution in [0, 0.1) is 5.92 Å². The molecule has 2 aliphatic heterocycles. The van der Waals surface area contributed by atoms with Gasteiger partial charge in [0.05, 0.1) is 12.4 Å². The minimum absolute atomic E-state index is 0.0195. The Bertz CT molecular complexity index is 888. The molecule has 4 atom stereocenters. The van der Waals surface area contributed by atoms with E-state index in [0.717, 1.165) is 0 Å². The molecular weight excluding hydrogens is 450 g/mol. The van der Waals surface area contributed by atoms with Crippen molar-refractivity contribution in [2.45, 2.75) is 77.2 Å². The minimum atomic E-state index is -0.906. The summed E-state index contributed by atoms with van der Waals surface area (Å²) in [4.78, 5) is 59.7. The van der Waals surface area contributed by atoms with Crippen molar-refractivity contribution in [2.24, 2.45) is 5.92 Å². The zero-order valence-corrected chi connectivity index (χ0v) is 21.2. The average molecular weight is 490 g/mol. The van der Waals surface area contributed by atoms with Crippen molar-refractivity contribution in [1.82, 2.24) is 35.3 Å². The van der Waals surface area contributed by atoms with Crippen molar-refractivity contribution < 1.29 is 19.2 Å². The lowest BCUT2D eigenvalue weighted by atomic mass is 10.0. The second kappa shape index (κ2) is 12.1. The number of nitrogens with one attached hydrogen (secondary N) is 3. The first-order valence-electron chi connectivity index (χ1n) is 12.5. The standard InChI is InChI=1S/C24H39N7O4/c1-16(2)13-21(32)30-10-7-18-5-6-20(23(34)27-9-12-29-11-8-26-15-29)31(18)24(35)19(14-30)28-22(33)17(3)25-4/h8,11,15-20,25H,5-7,9-10,12-14H2,1-4H3,(H,27,34)(H,28,33)/t17-,18+,19-,20-/m0/s1. The summed E-state index contributed by atoms with van der Waals surface area (Å²) >= 11 is 0. The van der Waals surface area contributed by atoms with Gasteiger partial charge in [-0.05, 0) is 39.2 Å². The van der Waals surface area contributed by atoms with Crippen molar-refractivity contribution in [3.63, 3.8) is 0 Å². The van der Waals surface area contributed by atoms with Gasteiger partial charge in [-0.2, -0.15) is 0 Å². The molecule has 0 unspecified atom stereocenters. The molecule has 3 heterocycles. The molecule has 0 bridgehead atoms. The van der Waals surface area contributed by atoms with Crippen molar-refractivity contribution in [2.75, 3.05) is 26.7 Å². The molecule has 1 aromatic rings. The summed E-state index contributed by atoms with van der Waals surface area (Å²) in [6.07, 6.45) is 7.43. The lowest BCUT2D eigenvalue weighted by molar-refractivity contribution is -0.147. The van der Waals surface area contributed by atoms with Gasteiger partial charge in [0.2, 0.25) is 23.6 Å². The summed E-state index contributed by atoms with van der Waals surface area (Å²) in [5, 5.41) is 8.65. The summed E-state index contributed by atoms with van der Waals surface area (Å²) in [6.45, 7) is 7.28. The molecule has 2 saturated heterocycles. The van der Waals surface area contributed by atoms with Crippen LogP contribution in [0.25, 0.3) is 0 Å². The fourth-order valence-corrected chi connectivity index (χ4v) is 4.72. The second-order valence-electron chi connectivity index (χ2n) is 9.88. The number of fused-ring (bicyclic) bond motifs is 1. The number of hydrogen-bond donors (Lipinski definition) is 3. The van der Waals surface area contributed by atoms with E-state index in [4.69, 9.17) is 0 Å². The molecule has 0 aliphatic carbocycles. The van der Waals surface area contributed by atoms with Gasteiger partial charge in [0, 0.05) is 51.0 Å². The van der Waals surface area contributed by atoms with Gasteiger partial charge in [-0.25, -0.2) is 4.98 Å². The Kier molecular flexibility index (Phi) is 9.25. The van der Waals surface area contributed by atoms with Crippen molar-refractivity contribution in [1.29, 1.82) is 0 Å². The van der Waals surface area contributed by atoms with Crippen molar-refractivity contribution in [3.8, 4) is 0 Å². The number of carbonyl (C=O) groups is 4. The Morgan fingerprint density at radius 3 is 2.60 bits per heavy atom. The van der Waals surface area contributed by atoms with E-state index in [1.165, 1.54) is 0 Å². The quantitative estimate of drug-likeness (QED) is 0.438. The molecule has 2 fully saturated rings. The van der Waals surface area contributed by atoms with E-state index in [0.29, 0.717) is 45.3 Å². The van der Waals surface area contributed by atoms with Gasteiger partial charge in [0.15, 0.2) is 0 Å². The summed E-state index contributed by atoms with van der Waals surface area (Å²) in [7, 11) is 1.67. The van der Waals surface area contributed by atoms with Crippen LogP contribution in [-0.4, -0.2) is 93.8 Å². The third-order valence-electron chi connectivity index (χ3n) is 6.80. The Balaban J connectivity index is 1.75. The number of hydrogen-bond acceptors (Lipinski definition) is 6. The number of nitrogens with zero attached hydrogens (tertiary/aromatic N) is 4. The van der Waals surface area contributed by atoms with Gasteiger partial charge in [-0.3, -0.25) is 19.2 Å². The highest BCUT2D eigenvalue weighted by Crippen LogP contribution is 2.29. The molecule has 0 spiro atoms. The largest absolute Gasteiger partial charge is 0.353 e. The smallest absolute Gasteiger partial charge is 0.247 e. The number of aromatic nitrogens is 2. The van der Waals surface area contributed by atoms with Gasteiger partial charge < -0.3 is 30.3 Å². The Labute approximate surface area is 207 Å². The number of imidazole rings is 1. The summed E-state index contributed by atoms with van der Waals surface area (Å²) in [5.41, 5.74) is 0. The van der Waals surface area contributed by atoms with Crippen LogP contribution >= 0.6 is 0 Å². The van der Waals surface area contributed by atoms with Crippen molar-refractivity contribution >= 4 is 23.6 Å². The van der Waals surface area contributed by atoms with Gasteiger partial charge in [0.25, 0.3) is 0 Å². The topological polar surface area (TPSA) is 129 Å². The zero-order valence-electron chi connectivity index (χ0n) is 21.2. The lowest BCUT2D eigenvalue weighted by Gasteiger charge is -2.39. The summed E-state index contributed by atoms with van der Waals surface area (Å²) in [6, 6.07) is -2.14. The predicted octanol–water partition coefficient (Wildman–Crippen LogP) is -0.270. The molecule has 11 nitrogen and oxygen atoms in total. The molecular formula is C24H39N7O4. The van der Waals surface area contributed by atoms with E-state index in [9.17, 15) is 19.2 Å². The Morgan fingerprint density at radius 1 is 1.17 bits per heavy atom. The molecule has 2 aliphatic rings. The number of carbonyl (C=O) groups excluding carboxylic acids is 4. The van der Waals surface area contributed by atoms with E-state index in [2.05, 4.69) is 20.9 Å². The van der Waals surface area contributed by atoms with E-state index in [-0.39, 0.29) is 42.1 Å². The molecule has 35 heavy (non-hydrogen) atoms. The molecule has 11 heteroatoms. The van der Waals surface area contributed by atoms with Gasteiger partial charge in [-0.1, -0.05) is 13.8 Å². The first-order valence-corrected chi connectivity index (χ1v) is 12.5. The lowest BCUT2D eigenvalue weighted by Crippen LogP contribution is -2.62. The Hall–Kier alpha value is -2.95. The first-order chi connectivity index (χ1) is 16.7. The number of amides is 4. The van der Waals surface area contributed by atoms with Gasteiger partial charge in [-0.15, -0.1) is 0 Å². The van der Waals surface area contributed by atoms with E-state index in [1.807, 2.05) is 24.6 Å². The van der Waals surface area contributed by atoms with E-state index >= 15 is 0 Å². The highest BCUT2D eigenvalue weighted by Gasteiger charge is 2.45. The molecule has 3 rings (SSSR count). The van der Waals surface area contributed by atoms with Crippen molar-refractivity contribution in [3.05, 3.63) is 18.7 Å². The van der Waals surface area contributed by atoms with Crippen LogP contribution in [0.15, 0.2) is 18.7 Å². The highest BCUT2D eigenvalue weighted by atomic mass is 16.2. The average Bonchev–Trinajstić information content (AvgIpc) is 3.48. The summed E-state index contributed by atoms with van der Waals surface area (Å²) < 4.78 is 1.87. The molecule has 1 aromatic heterocycles. The van der Waals surface area contributed by atoms with Crippen LogP contribution in [0.3, 0.4) is 0 Å². The van der Waals surface area contributed by atoms with Gasteiger partial charge >= 0.3 is 0 Å². The minimum Gasteiger partial charge on any atom is -0.353 e. The summed E-state index contributed by atoms with van der Waals surface area (Å²) in [5.74, 6) is -0.642. The molecule has 0 aromatic carbocycles. The molecule has 4 amide bonds. The fourth-order valence-electron chi connectivity index (χ4n) is 4.72. The van der Waals surface area contributed by atoms with Crippen LogP contribution in [-0.2, 0) is 25.7 Å². The second-order valence-corrected chi connectivity index (χ2v) is 9.88. The van der Waals surface area contributed by atoms with Crippen LogP contribution in [0.1, 0.15) is 46.5 Å². The van der Waals surface area contributed by atoms with Gasteiger partial charge in [0.1, 0.15) is 12.1 Å². The third kappa shape index (κ3) is 6.81. The van der Waals surface area contributed by atoms with Crippen LogP contribution < -0.4 is 16.0 Å². The molecule has 0 saturated carbocycles. The SMILES string of the molecule is CN[C@@H](C)C(=O)N[C@H]1CN(C(=O)CC(C)C)CC[C@H]2CC[C@@H](C(=O)NCCn3ccnc3)N2C1=O. The normalized spacial score (nSPS) is 23.5. The zero-order chi connectivity index (χ0) is 25.5. The molecule has 194 valence electrons. The number of likely N-dealkylation sites (N-methyl/N-ethyl adjacent to an activating group) is 1. The van der Waals surface area contributed by atoms with Crippen LogP contribution in [0.4, 0.5) is 0 Å². The maximum Gasteiger partial charge on any atom is 0.247 e. The maximum absolute atomic E-state index is 13.8. The van der Waals surface area contributed by atoms with E-state index in [1.54, 1.807) is 36.3 Å². The third-order valence-corrected chi connectivity index (χ3v) is 6.80. The van der Waals surface area contributed by atoms with Crippen LogP contribution in [0.5, 0.6) is 0 Å². The maximum atomic E-state index is 13.8. The fraction of sp³-hybridized carbons (Fsp3) is 0.708. The van der Waals surface area contributed by atoms with Crippen LogP contribution in [0.2, 0.25) is 0 Å². The Morgan fingerprint density at radius 2 is 1.94 bits per heavy atom. The highest BCUT2D eigenvalue weighted by molar-refractivity contribution is 5.94. The number of rotatable bonds is 9. The molecule has 3 N–H and O–H groups in total.